The molecule has 0 radical (unpaired) electrons. The molecule has 8 nitrogen and oxygen atoms in total. The zero-order valence-electron chi connectivity index (χ0n) is 18.8. The van der Waals surface area contributed by atoms with Crippen molar-refractivity contribution in [2.45, 2.75) is 26.2 Å². The number of primary amides is 1. The largest absolute Gasteiger partial charge is 0.366 e. The molecule has 2 heterocycles. The normalized spacial score (nSPS) is 16.0. The van der Waals surface area contributed by atoms with Gasteiger partial charge >= 0.3 is 0 Å². The fraction of sp³-hybridized carbons (Fsp3) is 0.478. The molecule has 0 spiro atoms. The number of carbonyl (C=O) groups is 2. The molecule has 2 N–H and O–H groups in total. The highest BCUT2D eigenvalue weighted by Gasteiger charge is 2.31. The molecule has 1 saturated heterocycles. The molecule has 3 rings (SSSR count). The summed E-state index contributed by atoms with van der Waals surface area (Å²) in [7, 11) is 3.81. The first kappa shape index (κ1) is 22.7. The Hall–Kier alpha value is -3.00. The monoisotopic (exact) mass is 424 g/mol. The number of likely N-dealkylation sites (N-methyl/N-ethyl adjacent to an activating group) is 1. The summed E-state index contributed by atoms with van der Waals surface area (Å²) in [6.45, 7) is 7.65. The highest BCUT2D eigenvalue weighted by molar-refractivity contribution is 5.94. The molecule has 1 fully saturated rings. The lowest BCUT2D eigenvalue weighted by atomic mass is 9.95. The molecule has 2 aromatic rings. The molecule has 1 aliphatic heterocycles. The Morgan fingerprint density at radius 2 is 1.97 bits per heavy atom. The van der Waals surface area contributed by atoms with Crippen molar-refractivity contribution in [2.75, 3.05) is 51.7 Å². The summed E-state index contributed by atoms with van der Waals surface area (Å²) in [6, 6.07) is 7.22. The number of aromatic nitrogens is 2. The molecule has 1 aliphatic rings. The van der Waals surface area contributed by atoms with Crippen molar-refractivity contribution in [2.24, 2.45) is 5.73 Å². The maximum atomic E-state index is 12.8. The van der Waals surface area contributed by atoms with E-state index in [9.17, 15) is 9.59 Å². The Balaban J connectivity index is 1.91. The Morgan fingerprint density at radius 1 is 1.23 bits per heavy atom. The Morgan fingerprint density at radius 3 is 2.61 bits per heavy atom. The Kier molecular flexibility index (Phi) is 7.22. The summed E-state index contributed by atoms with van der Waals surface area (Å²) >= 11 is 0. The van der Waals surface area contributed by atoms with Crippen LogP contribution in [0.15, 0.2) is 30.5 Å². The van der Waals surface area contributed by atoms with E-state index in [1.165, 1.54) is 0 Å². The summed E-state index contributed by atoms with van der Waals surface area (Å²) in [5.74, 6) is 0.418. The third kappa shape index (κ3) is 5.19. The van der Waals surface area contributed by atoms with E-state index in [4.69, 9.17) is 10.7 Å². The van der Waals surface area contributed by atoms with Crippen molar-refractivity contribution in [3.8, 4) is 11.1 Å². The first-order valence-electron chi connectivity index (χ1n) is 10.8. The van der Waals surface area contributed by atoms with E-state index in [1.807, 2.05) is 36.0 Å². The van der Waals surface area contributed by atoms with Gasteiger partial charge in [0.15, 0.2) is 0 Å². The molecule has 0 aliphatic carbocycles. The van der Waals surface area contributed by atoms with Gasteiger partial charge in [-0.15, -0.1) is 0 Å². The third-order valence-electron chi connectivity index (χ3n) is 5.84. The summed E-state index contributed by atoms with van der Waals surface area (Å²) in [5, 5.41) is 0. The number of nitrogens with zero attached hydrogens (tertiary/aromatic N) is 5. The van der Waals surface area contributed by atoms with Crippen LogP contribution in [0.25, 0.3) is 11.1 Å². The van der Waals surface area contributed by atoms with Gasteiger partial charge in [0.05, 0.1) is 12.2 Å². The van der Waals surface area contributed by atoms with Crippen molar-refractivity contribution in [1.82, 2.24) is 19.8 Å². The molecule has 31 heavy (non-hydrogen) atoms. The van der Waals surface area contributed by atoms with E-state index in [1.54, 1.807) is 18.3 Å². The molecule has 1 aromatic carbocycles. The topological polar surface area (TPSA) is 95.7 Å². The lowest BCUT2D eigenvalue weighted by Crippen LogP contribution is -2.39. The van der Waals surface area contributed by atoms with Crippen molar-refractivity contribution >= 4 is 17.8 Å². The van der Waals surface area contributed by atoms with E-state index < -0.39 is 5.91 Å². The summed E-state index contributed by atoms with van der Waals surface area (Å²) in [4.78, 5) is 39.7. The van der Waals surface area contributed by atoms with Gasteiger partial charge in [-0.3, -0.25) is 14.5 Å². The molecular formula is C23H32N6O2. The first-order valence-corrected chi connectivity index (χ1v) is 10.8. The summed E-state index contributed by atoms with van der Waals surface area (Å²) in [5.41, 5.74) is 8.55. The number of nitrogens with two attached hydrogens (primary N) is 1. The molecule has 2 amide bonds. The second-order valence-corrected chi connectivity index (χ2v) is 8.10. The van der Waals surface area contributed by atoms with Crippen LogP contribution in [0.5, 0.6) is 0 Å². The van der Waals surface area contributed by atoms with Gasteiger partial charge in [0.1, 0.15) is 0 Å². The minimum absolute atomic E-state index is 0.106. The minimum Gasteiger partial charge on any atom is -0.366 e. The zero-order valence-corrected chi connectivity index (χ0v) is 18.8. The van der Waals surface area contributed by atoms with Crippen molar-refractivity contribution in [1.29, 1.82) is 0 Å². The molecule has 1 atom stereocenters. The molecule has 166 valence electrons. The van der Waals surface area contributed by atoms with E-state index in [2.05, 4.69) is 23.7 Å². The zero-order chi connectivity index (χ0) is 22.5. The van der Waals surface area contributed by atoms with E-state index in [0.717, 1.165) is 36.3 Å². The first-order chi connectivity index (χ1) is 14.8. The number of rotatable bonds is 8. The number of benzene rings is 1. The molecule has 0 saturated carbocycles. The van der Waals surface area contributed by atoms with Gasteiger partial charge in [-0.05, 0) is 37.2 Å². The van der Waals surface area contributed by atoms with Gasteiger partial charge in [0.25, 0.3) is 0 Å². The lowest BCUT2D eigenvalue weighted by Gasteiger charge is -2.23. The second kappa shape index (κ2) is 9.87. The van der Waals surface area contributed by atoms with Gasteiger partial charge < -0.3 is 15.5 Å². The van der Waals surface area contributed by atoms with Crippen molar-refractivity contribution in [3.63, 3.8) is 0 Å². The van der Waals surface area contributed by atoms with Crippen LogP contribution < -0.4 is 10.6 Å². The molecule has 8 heteroatoms. The van der Waals surface area contributed by atoms with Gasteiger partial charge in [0.2, 0.25) is 17.8 Å². The van der Waals surface area contributed by atoms with Crippen LogP contribution in [0.2, 0.25) is 0 Å². The average Bonchev–Trinajstić information content (AvgIpc) is 3.27. The Bertz CT molecular complexity index is 941. The number of likely N-dealkylation sites (tertiary alicyclic amines) is 1. The van der Waals surface area contributed by atoms with Gasteiger partial charge in [0, 0.05) is 50.4 Å². The predicted octanol–water partition coefficient (Wildman–Crippen LogP) is 1.97. The average molecular weight is 425 g/mol. The lowest BCUT2D eigenvalue weighted by molar-refractivity contribution is -0.131. The van der Waals surface area contributed by atoms with E-state index in [-0.39, 0.29) is 11.8 Å². The SMILES string of the molecule is CCN(CC)CC(=O)N1CCC(c2nc(N(C)C)ncc2-c2cccc(C(N)=O)c2)C1. The van der Waals surface area contributed by atoms with Crippen LogP contribution in [0, 0.1) is 0 Å². The van der Waals surface area contributed by atoms with Gasteiger partial charge in [-0.25, -0.2) is 9.97 Å². The van der Waals surface area contributed by atoms with Crippen LogP contribution in [0.1, 0.15) is 42.2 Å². The Labute approximate surface area is 184 Å². The summed E-state index contributed by atoms with van der Waals surface area (Å²) < 4.78 is 0. The number of amides is 2. The highest BCUT2D eigenvalue weighted by Crippen LogP contribution is 2.34. The predicted molar refractivity (Wildman–Crippen MR) is 122 cm³/mol. The fourth-order valence-electron chi connectivity index (χ4n) is 3.92. The number of hydrogen-bond acceptors (Lipinski definition) is 6. The van der Waals surface area contributed by atoms with Crippen LogP contribution in [0.3, 0.4) is 0 Å². The minimum atomic E-state index is -0.469. The maximum Gasteiger partial charge on any atom is 0.248 e. The summed E-state index contributed by atoms with van der Waals surface area (Å²) in [6.07, 6.45) is 2.65. The molecule has 1 unspecified atom stereocenters. The highest BCUT2D eigenvalue weighted by atomic mass is 16.2. The standard InChI is InChI=1S/C23H32N6O2/c1-5-28(6-2)15-20(30)29-11-10-18(14-29)21-19(13-25-23(26-21)27(3)4)16-8-7-9-17(12-16)22(24)31/h7-9,12-13,18H,5-6,10-11,14-15H2,1-4H3,(H2,24,31). The second-order valence-electron chi connectivity index (χ2n) is 8.10. The quantitative estimate of drug-likeness (QED) is 0.696. The van der Waals surface area contributed by atoms with Gasteiger partial charge in [-0.1, -0.05) is 26.0 Å². The van der Waals surface area contributed by atoms with E-state index in [0.29, 0.717) is 31.1 Å². The molecule has 0 bridgehead atoms. The van der Waals surface area contributed by atoms with Crippen LogP contribution in [-0.2, 0) is 4.79 Å². The van der Waals surface area contributed by atoms with Crippen molar-refractivity contribution < 1.29 is 9.59 Å². The smallest absolute Gasteiger partial charge is 0.248 e. The number of anilines is 1. The van der Waals surface area contributed by atoms with Crippen LogP contribution >= 0.6 is 0 Å². The molecule has 1 aromatic heterocycles. The number of carbonyl (C=O) groups excluding carboxylic acids is 2. The fourth-order valence-corrected chi connectivity index (χ4v) is 3.92. The van der Waals surface area contributed by atoms with Crippen molar-refractivity contribution in [3.05, 3.63) is 41.7 Å². The van der Waals surface area contributed by atoms with Crippen LogP contribution in [-0.4, -0.2) is 78.4 Å². The van der Waals surface area contributed by atoms with Crippen LogP contribution in [0.4, 0.5) is 5.95 Å². The molecular weight excluding hydrogens is 392 g/mol. The maximum absolute atomic E-state index is 12.8. The number of hydrogen-bond donors (Lipinski definition) is 1. The van der Waals surface area contributed by atoms with E-state index >= 15 is 0 Å². The third-order valence-corrected chi connectivity index (χ3v) is 5.84. The van der Waals surface area contributed by atoms with Gasteiger partial charge in [-0.2, -0.15) is 0 Å².